The van der Waals surface area contributed by atoms with Crippen LogP contribution in [0.5, 0.6) is 0 Å². The molecule has 1 fully saturated rings. The monoisotopic (exact) mass is 312 g/mol. The van der Waals surface area contributed by atoms with Gasteiger partial charge >= 0.3 is 0 Å². The average Bonchev–Trinajstić information content (AvgIpc) is 2.58. The van der Waals surface area contributed by atoms with E-state index >= 15 is 0 Å². The van der Waals surface area contributed by atoms with Crippen molar-refractivity contribution in [1.82, 2.24) is 4.90 Å². The van der Waals surface area contributed by atoms with Crippen molar-refractivity contribution >= 4 is 11.6 Å². The Labute approximate surface area is 136 Å². The fraction of sp³-hybridized carbons (Fsp3) is 0.316. The molecule has 120 valence electrons. The Morgan fingerprint density at radius 1 is 1.00 bits per heavy atom. The van der Waals surface area contributed by atoms with Crippen molar-refractivity contribution in [2.45, 2.75) is 25.8 Å². The Morgan fingerprint density at radius 2 is 1.70 bits per heavy atom. The second-order valence-electron chi connectivity index (χ2n) is 5.97. The fourth-order valence-corrected chi connectivity index (χ4v) is 2.91. The van der Waals surface area contributed by atoms with E-state index in [0.29, 0.717) is 5.69 Å². The third kappa shape index (κ3) is 4.17. The van der Waals surface area contributed by atoms with Crippen LogP contribution in [0, 0.1) is 5.82 Å². The summed E-state index contributed by atoms with van der Waals surface area (Å²) in [6.45, 7) is 3.26. The number of carbonyl (C=O) groups excluding carboxylic acids is 1. The van der Waals surface area contributed by atoms with Gasteiger partial charge in [-0.1, -0.05) is 30.7 Å². The number of nitrogens with zero attached hydrogens (tertiary/aromatic N) is 1. The van der Waals surface area contributed by atoms with Crippen LogP contribution in [-0.4, -0.2) is 23.9 Å². The number of piperidine rings is 1. The molecule has 2 aromatic rings. The SMILES string of the molecule is O=C(Nc1ccc(CN2CCCCC2)cc1)c1ccccc1F. The Kier molecular flexibility index (Phi) is 5.03. The molecule has 23 heavy (non-hydrogen) atoms. The van der Waals surface area contributed by atoms with Gasteiger partial charge in [-0.3, -0.25) is 9.69 Å². The number of benzene rings is 2. The molecular formula is C19H21FN2O. The maximum atomic E-state index is 13.6. The van der Waals surface area contributed by atoms with Crippen LogP contribution in [0.2, 0.25) is 0 Å². The summed E-state index contributed by atoms with van der Waals surface area (Å²) in [5, 5.41) is 2.74. The van der Waals surface area contributed by atoms with Crippen LogP contribution in [0.4, 0.5) is 10.1 Å². The number of carbonyl (C=O) groups is 1. The second-order valence-corrected chi connectivity index (χ2v) is 5.97. The van der Waals surface area contributed by atoms with Crippen LogP contribution in [0.3, 0.4) is 0 Å². The maximum Gasteiger partial charge on any atom is 0.258 e. The van der Waals surface area contributed by atoms with E-state index in [4.69, 9.17) is 0 Å². The highest BCUT2D eigenvalue weighted by molar-refractivity contribution is 6.04. The summed E-state index contributed by atoms with van der Waals surface area (Å²) in [5.74, 6) is -0.932. The number of hydrogen-bond acceptors (Lipinski definition) is 2. The van der Waals surface area contributed by atoms with Crippen LogP contribution in [-0.2, 0) is 6.54 Å². The summed E-state index contributed by atoms with van der Waals surface area (Å²) in [6.07, 6.45) is 3.88. The minimum atomic E-state index is -0.508. The van der Waals surface area contributed by atoms with Gasteiger partial charge in [0.2, 0.25) is 0 Å². The first kappa shape index (κ1) is 15.7. The molecule has 4 heteroatoms. The third-order valence-electron chi connectivity index (χ3n) is 4.19. The van der Waals surface area contributed by atoms with E-state index in [9.17, 15) is 9.18 Å². The molecule has 1 amide bonds. The molecule has 1 aliphatic heterocycles. The van der Waals surface area contributed by atoms with Crippen LogP contribution in [0.15, 0.2) is 48.5 Å². The lowest BCUT2D eigenvalue weighted by molar-refractivity contribution is 0.102. The zero-order valence-corrected chi connectivity index (χ0v) is 13.1. The quantitative estimate of drug-likeness (QED) is 0.923. The van der Waals surface area contributed by atoms with Gasteiger partial charge in [0.1, 0.15) is 5.82 Å². The summed E-state index contributed by atoms with van der Waals surface area (Å²) in [6, 6.07) is 13.8. The number of likely N-dealkylation sites (tertiary alicyclic amines) is 1. The van der Waals surface area contributed by atoms with Crippen LogP contribution < -0.4 is 5.32 Å². The number of nitrogens with one attached hydrogen (secondary N) is 1. The molecule has 3 nitrogen and oxygen atoms in total. The van der Waals surface area contributed by atoms with E-state index in [-0.39, 0.29) is 5.56 Å². The van der Waals surface area contributed by atoms with Crippen molar-refractivity contribution < 1.29 is 9.18 Å². The normalized spacial score (nSPS) is 15.3. The molecule has 2 aromatic carbocycles. The van der Waals surface area contributed by atoms with E-state index in [1.54, 1.807) is 12.1 Å². The van der Waals surface area contributed by atoms with Crippen molar-refractivity contribution in [2.24, 2.45) is 0 Å². The first-order valence-electron chi connectivity index (χ1n) is 8.09. The van der Waals surface area contributed by atoms with Crippen molar-refractivity contribution in [1.29, 1.82) is 0 Å². The van der Waals surface area contributed by atoms with Crippen molar-refractivity contribution in [2.75, 3.05) is 18.4 Å². The van der Waals surface area contributed by atoms with E-state index in [1.165, 1.54) is 37.0 Å². The Balaban J connectivity index is 1.61. The summed E-state index contributed by atoms with van der Waals surface area (Å²) < 4.78 is 13.6. The smallest absolute Gasteiger partial charge is 0.258 e. The molecule has 1 N–H and O–H groups in total. The highest BCUT2D eigenvalue weighted by Crippen LogP contribution is 2.16. The fourth-order valence-electron chi connectivity index (χ4n) is 2.91. The molecule has 0 aliphatic carbocycles. The summed E-state index contributed by atoms with van der Waals surface area (Å²) in [5.41, 5.74) is 1.97. The van der Waals surface area contributed by atoms with E-state index in [2.05, 4.69) is 10.2 Å². The van der Waals surface area contributed by atoms with E-state index < -0.39 is 11.7 Å². The van der Waals surface area contributed by atoms with Crippen LogP contribution >= 0.6 is 0 Å². The summed E-state index contributed by atoms with van der Waals surface area (Å²) in [4.78, 5) is 14.5. The zero-order valence-electron chi connectivity index (χ0n) is 13.1. The predicted molar refractivity (Wildman–Crippen MR) is 89.9 cm³/mol. The number of rotatable bonds is 4. The molecule has 0 bridgehead atoms. The standard InChI is InChI=1S/C19H21FN2O/c20-18-7-3-2-6-17(18)19(23)21-16-10-8-15(9-11-16)14-22-12-4-1-5-13-22/h2-3,6-11H,1,4-5,12-14H2,(H,21,23). The minimum absolute atomic E-state index is 0.0601. The molecule has 0 unspecified atom stereocenters. The summed E-state index contributed by atoms with van der Waals surface area (Å²) >= 11 is 0. The molecule has 1 saturated heterocycles. The molecule has 1 heterocycles. The van der Waals surface area contributed by atoms with Gasteiger partial charge in [0, 0.05) is 12.2 Å². The van der Waals surface area contributed by atoms with Gasteiger partial charge in [-0.05, 0) is 55.8 Å². The van der Waals surface area contributed by atoms with Gasteiger partial charge in [0.05, 0.1) is 5.56 Å². The van der Waals surface area contributed by atoms with Gasteiger partial charge < -0.3 is 5.32 Å². The molecule has 0 spiro atoms. The Bertz CT molecular complexity index is 663. The van der Waals surface area contributed by atoms with Crippen LogP contribution in [0.1, 0.15) is 35.2 Å². The largest absolute Gasteiger partial charge is 0.322 e. The predicted octanol–water partition coefficient (Wildman–Crippen LogP) is 4.06. The molecule has 0 radical (unpaired) electrons. The Hall–Kier alpha value is -2.20. The topological polar surface area (TPSA) is 32.3 Å². The van der Waals surface area contributed by atoms with Crippen LogP contribution in [0.25, 0.3) is 0 Å². The van der Waals surface area contributed by atoms with Gasteiger partial charge in [-0.15, -0.1) is 0 Å². The number of amides is 1. The first-order valence-corrected chi connectivity index (χ1v) is 8.09. The van der Waals surface area contributed by atoms with Crippen molar-refractivity contribution in [3.05, 3.63) is 65.5 Å². The van der Waals surface area contributed by atoms with Crippen molar-refractivity contribution in [3.63, 3.8) is 0 Å². The molecule has 0 atom stereocenters. The molecule has 3 rings (SSSR count). The second kappa shape index (κ2) is 7.38. The van der Waals surface area contributed by atoms with Gasteiger partial charge in [0.25, 0.3) is 5.91 Å². The first-order chi connectivity index (χ1) is 11.2. The molecule has 0 aromatic heterocycles. The van der Waals surface area contributed by atoms with E-state index in [0.717, 1.165) is 19.6 Å². The lowest BCUT2D eigenvalue weighted by atomic mass is 10.1. The molecular weight excluding hydrogens is 291 g/mol. The Morgan fingerprint density at radius 3 is 2.39 bits per heavy atom. The molecule has 1 aliphatic rings. The number of halogens is 1. The highest BCUT2D eigenvalue weighted by atomic mass is 19.1. The summed E-state index contributed by atoms with van der Waals surface area (Å²) in [7, 11) is 0. The van der Waals surface area contributed by atoms with Gasteiger partial charge in [-0.2, -0.15) is 0 Å². The minimum Gasteiger partial charge on any atom is -0.322 e. The van der Waals surface area contributed by atoms with E-state index in [1.807, 2.05) is 24.3 Å². The molecule has 0 saturated carbocycles. The third-order valence-corrected chi connectivity index (χ3v) is 4.19. The average molecular weight is 312 g/mol. The van der Waals surface area contributed by atoms with Gasteiger partial charge in [0.15, 0.2) is 0 Å². The van der Waals surface area contributed by atoms with Gasteiger partial charge in [-0.25, -0.2) is 4.39 Å². The van der Waals surface area contributed by atoms with Crippen molar-refractivity contribution in [3.8, 4) is 0 Å². The highest BCUT2D eigenvalue weighted by Gasteiger charge is 2.12. The number of anilines is 1. The maximum absolute atomic E-state index is 13.6. The lowest BCUT2D eigenvalue weighted by Gasteiger charge is -2.26. The lowest BCUT2D eigenvalue weighted by Crippen LogP contribution is -2.29. The number of hydrogen-bond donors (Lipinski definition) is 1. The zero-order chi connectivity index (χ0) is 16.1.